The topological polar surface area (TPSA) is 51.5 Å². The number of hydrogen-bond acceptors (Lipinski definition) is 4. The van der Waals surface area contributed by atoms with E-state index in [0.717, 1.165) is 30.5 Å². The zero-order valence-corrected chi connectivity index (χ0v) is 11.1. The Balaban J connectivity index is 1.69. The fourth-order valence-electron chi connectivity index (χ4n) is 1.93. The first-order chi connectivity index (χ1) is 9.29. The van der Waals surface area contributed by atoms with E-state index >= 15 is 0 Å². The van der Waals surface area contributed by atoms with Crippen LogP contribution in [0.3, 0.4) is 0 Å². The Bertz CT molecular complexity index is 533. The maximum absolute atomic E-state index is 11.1. The van der Waals surface area contributed by atoms with Gasteiger partial charge in [-0.05, 0) is 37.6 Å². The Kier molecular flexibility index (Phi) is 4.98. The molecular formula is C15H19NO3. The van der Waals surface area contributed by atoms with Crippen LogP contribution in [0, 0.1) is 0 Å². The fraction of sp³-hybridized carbons (Fsp3) is 0.400. The minimum Gasteiger partial charge on any atom is -0.466 e. The molecule has 0 atom stereocenters. The zero-order chi connectivity index (χ0) is 13.5. The molecule has 102 valence electrons. The van der Waals surface area contributed by atoms with E-state index in [4.69, 9.17) is 9.15 Å². The number of carbonyl (C=O) groups excluding carboxylic acids is 1. The maximum atomic E-state index is 11.1. The quantitative estimate of drug-likeness (QED) is 0.615. The number of carbonyl (C=O) groups is 1. The highest BCUT2D eigenvalue weighted by atomic mass is 16.5. The summed E-state index contributed by atoms with van der Waals surface area (Å²) in [5, 5.41) is 4.42. The minimum absolute atomic E-state index is 0.124. The predicted octanol–water partition coefficient (Wildman–Crippen LogP) is 2.87. The van der Waals surface area contributed by atoms with E-state index in [-0.39, 0.29) is 5.97 Å². The van der Waals surface area contributed by atoms with Crippen LogP contribution in [0.15, 0.2) is 34.9 Å². The highest BCUT2D eigenvalue weighted by Gasteiger charge is 2.01. The SMILES string of the molecule is CCOC(=O)CCCNCc1ccc2ccoc2c1. The van der Waals surface area contributed by atoms with Crippen LogP contribution >= 0.6 is 0 Å². The lowest BCUT2D eigenvalue weighted by molar-refractivity contribution is -0.143. The maximum Gasteiger partial charge on any atom is 0.305 e. The van der Waals surface area contributed by atoms with E-state index in [9.17, 15) is 4.79 Å². The standard InChI is InChI=1S/C15H19NO3/c1-2-18-15(17)4-3-8-16-11-12-5-6-13-7-9-19-14(13)10-12/h5-7,9-10,16H,2-4,8,11H2,1H3. The van der Waals surface area contributed by atoms with Crippen LogP contribution in [0.25, 0.3) is 11.0 Å². The first kappa shape index (κ1) is 13.6. The van der Waals surface area contributed by atoms with Gasteiger partial charge in [0.05, 0.1) is 12.9 Å². The van der Waals surface area contributed by atoms with Crippen molar-refractivity contribution in [3.8, 4) is 0 Å². The van der Waals surface area contributed by atoms with E-state index in [1.165, 1.54) is 5.56 Å². The summed E-state index contributed by atoms with van der Waals surface area (Å²) in [4.78, 5) is 11.1. The molecule has 0 saturated heterocycles. The third-order valence-corrected chi connectivity index (χ3v) is 2.89. The zero-order valence-electron chi connectivity index (χ0n) is 11.1. The minimum atomic E-state index is -0.124. The van der Waals surface area contributed by atoms with Gasteiger partial charge in [0.15, 0.2) is 0 Å². The van der Waals surface area contributed by atoms with E-state index < -0.39 is 0 Å². The Morgan fingerprint density at radius 2 is 2.26 bits per heavy atom. The third-order valence-electron chi connectivity index (χ3n) is 2.89. The van der Waals surface area contributed by atoms with Crippen molar-refractivity contribution in [3.05, 3.63) is 36.1 Å². The molecule has 0 aliphatic heterocycles. The lowest BCUT2D eigenvalue weighted by atomic mass is 10.1. The van der Waals surface area contributed by atoms with Gasteiger partial charge in [0.1, 0.15) is 5.58 Å². The first-order valence-corrected chi connectivity index (χ1v) is 6.62. The molecule has 0 radical (unpaired) electrons. The molecule has 2 aromatic rings. The van der Waals surface area contributed by atoms with Gasteiger partial charge in [-0.25, -0.2) is 0 Å². The lowest BCUT2D eigenvalue weighted by Gasteiger charge is -2.05. The first-order valence-electron chi connectivity index (χ1n) is 6.62. The highest BCUT2D eigenvalue weighted by Crippen LogP contribution is 2.16. The summed E-state index contributed by atoms with van der Waals surface area (Å²) in [5.41, 5.74) is 2.09. The molecule has 4 heteroatoms. The molecule has 0 amide bonds. The van der Waals surface area contributed by atoms with E-state index in [0.29, 0.717) is 13.0 Å². The Morgan fingerprint density at radius 3 is 3.11 bits per heavy atom. The van der Waals surface area contributed by atoms with Crippen LogP contribution in [0.1, 0.15) is 25.3 Å². The summed E-state index contributed by atoms with van der Waals surface area (Å²) >= 11 is 0. The van der Waals surface area contributed by atoms with Crippen molar-refractivity contribution in [1.29, 1.82) is 0 Å². The molecular weight excluding hydrogens is 242 g/mol. The van der Waals surface area contributed by atoms with Crippen molar-refractivity contribution < 1.29 is 13.9 Å². The normalized spacial score (nSPS) is 10.8. The number of fused-ring (bicyclic) bond motifs is 1. The highest BCUT2D eigenvalue weighted by molar-refractivity contribution is 5.77. The van der Waals surface area contributed by atoms with E-state index in [2.05, 4.69) is 17.4 Å². The molecule has 0 bridgehead atoms. The van der Waals surface area contributed by atoms with Crippen molar-refractivity contribution in [2.24, 2.45) is 0 Å². The molecule has 0 aliphatic rings. The van der Waals surface area contributed by atoms with Crippen LogP contribution in [0.4, 0.5) is 0 Å². The fourth-order valence-corrected chi connectivity index (χ4v) is 1.93. The van der Waals surface area contributed by atoms with Crippen molar-refractivity contribution in [2.45, 2.75) is 26.3 Å². The largest absolute Gasteiger partial charge is 0.466 e. The second kappa shape index (κ2) is 6.95. The van der Waals surface area contributed by atoms with Gasteiger partial charge in [-0.1, -0.05) is 12.1 Å². The van der Waals surface area contributed by atoms with Crippen LogP contribution in [-0.4, -0.2) is 19.1 Å². The molecule has 4 nitrogen and oxygen atoms in total. The van der Waals surface area contributed by atoms with Crippen molar-refractivity contribution in [3.63, 3.8) is 0 Å². The molecule has 19 heavy (non-hydrogen) atoms. The molecule has 0 fully saturated rings. The van der Waals surface area contributed by atoms with Crippen LogP contribution in [-0.2, 0) is 16.1 Å². The molecule has 1 N–H and O–H groups in total. The Labute approximate surface area is 112 Å². The molecule has 1 heterocycles. The van der Waals surface area contributed by atoms with Crippen molar-refractivity contribution >= 4 is 16.9 Å². The summed E-state index contributed by atoms with van der Waals surface area (Å²) < 4.78 is 10.2. The van der Waals surface area contributed by atoms with Gasteiger partial charge >= 0.3 is 5.97 Å². The molecule has 2 rings (SSSR count). The Hall–Kier alpha value is -1.81. The third kappa shape index (κ3) is 4.10. The van der Waals surface area contributed by atoms with Gasteiger partial charge in [0.2, 0.25) is 0 Å². The molecule has 0 unspecified atom stereocenters. The molecule has 0 saturated carbocycles. The van der Waals surface area contributed by atoms with E-state index in [1.807, 2.05) is 19.1 Å². The van der Waals surface area contributed by atoms with Crippen LogP contribution in [0.2, 0.25) is 0 Å². The van der Waals surface area contributed by atoms with Gasteiger partial charge in [0, 0.05) is 18.4 Å². The monoisotopic (exact) mass is 261 g/mol. The number of rotatable bonds is 7. The average Bonchev–Trinajstić information content (AvgIpc) is 2.86. The molecule has 0 spiro atoms. The summed E-state index contributed by atoms with van der Waals surface area (Å²) in [6.07, 6.45) is 2.96. The molecule has 1 aromatic heterocycles. The summed E-state index contributed by atoms with van der Waals surface area (Å²) in [6, 6.07) is 8.12. The molecule has 0 aliphatic carbocycles. The average molecular weight is 261 g/mol. The number of esters is 1. The number of benzene rings is 1. The number of ether oxygens (including phenoxy) is 1. The number of nitrogens with one attached hydrogen (secondary N) is 1. The summed E-state index contributed by atoms with van der Waals surface area (Å²) in [5.74, 6) is -0.124. The number of furan rings is 1. The van der Waals surface area contributed by atoms with Crippen LogP contribution in [0.5, 0.6) is 0 Å². The van der Waals surface area contributed by atoms with Crippen molar-refractivity contribution in [1.82, 2.24) is 5.32 Å². The Morgan fingerprint density at radius 1 is 1.37 bits per heavy atom. The van der Waals surface area contributed by atoms with Gasteiger partial charge < -0.3 is 14.5 Å². The summed E-state index contributed by atoms with van der Waals surface area (Å²) in [7, 11) is 0. The number of hydrogen-bond donors (Lipinski definition) is 1. The smallest absolute Gasteiger partial charge is 0.305 e. The van der Waals surface area contributed by atoms with Gasteiger partial charge in [-0.15, -0.1) is 0 Å². The second-order valence-electron chi connectivity index (χ2n) is 4.38. The van der Waals surface area contributed by atoms with Gasteiger partial charge in [-0.3, -0.25) is 4.79 Å². The van der Waals surface area contributed by atoms with Crippen LogP contribution < -0.4 is 5.32 Å². The van der Waals surface area contributed by atoms with E-state index in [1.54, 1.807) is 6.26 Å². The predicted molar refractivity (Wildman–Crippen MR) is 73.8 cm³/mol. The molecule has 1 aromatic carbocycles. The second-order valence-corrected chi connectivity index (χ2v) is 4.38. The lowest BCUT2D eigenvalue weighted by Crippen LogP contribution is -2.16. The van der Waals surface area contributed by atoms with Gasteiger partial charge in [0.25, 0.3) is 0 Å². The van der Waals surface area contributed by atoms with Crippen molar-refractivity contribution in [2.75, 3.05) is 13.2 Å². The van der Waals surface area contributed by atoms with Gasteiger partial charge in [-0.2, -0.15) is 0 Å². The summed E-state index contributed by atoms with van der Waals surface area (Å²) in [6.45, 7) is 3.85.